The first-order valence-electron chi connectivity index (χ1n) is 18.1. The van der Waals surface area contributed by atoms with Crippen molar-refractivity contribution in [2.75, 3.05) is 28.4 Å². The Bertz CT molecular complexity index is 2560. The van der Waals surface area contributed by atoms with E-state index in [2.05, 4.69) is 78.2 Å². The zero-order valence-corrected chi connectivity index (χ0v) is 31.2. The second-order valence-corrected chi connectivity index (χ2v) is 13.5. The minimum Gasteiger partial charge on any atom is -0.497 e. The third kappa shape index (κ3) is 5.48. The first-order chi connectivity index (χ1) is 27.0. The Morgan fingerprint density at radius 3 is 1.44 bits per heavy atom. The van der Waals surface area contributed by atoms with Gasteiger partial charge in [-0.1, -0.05) is 42.5 Å². The highest BCUT2D eigenvalue weighted by atomic mass is 16.5. The molecule has 9 rings (SSSR count). The summed E-state index contributed by atoms with van der Waals surface area (Å²) in [5.74, 6) is 2.47. The molecule has 270 valence electrons. The van der Waals surface area contributed by atoms with Crippen molar-refractivity contribution < 1.29 is 18.9 Å². The van der Waals surface area contributed by atoms with Gasteiger partial charge in [0.15, 0.2) is 0 Å². The molecule has 7 aromatic rings. The van der Waals surface area contributed by atoms with Gasteiger partial charge in [0.1, 0.15) is 28.8 Å². The summed E-state index contributed by atoms with van der Waals surface area (Å²) in [7, 11) is 6.70. The maximum Gasteiger partial charge on any atom is 0.262 e. The summed E-state index contributed by atoms with van der Waals surface area (Å²) in [6.45, 7) is 2.16. The molecule has 8 heteroatoms. The van der Waals surface area contributed by atoms with Crippen LogP contribution in [0, 0.1) is 6.92 Å². The Labute approximate surface area is 320 Å². The molecule has 0 saturated carbocycles. The summed E-state index contributed by atoms with van der Waals surface area (Å²) in [5, 5.41) is 0. The van der Waals surface area contributed by atoms with Gasteiger partial charge >= 0.3 is 0 Å². The van der Waals surface area contributed by atoms with Crippen LogP contribution in [0.2, 0.25) is 0 Å². The van der Waals surface area contributed by atoms with E-state index in [0.717, 1.165) is 102 Å². The predicted molar refractivity (Wildman–Crippen MR) is 218 cm³/mol. The predicted octanol–water partition coefficient (Wildman–Crippen LogP) is 9.86. The normalized spacial score (nSPS) is 13.5. The molecule has 0 amide bonds. The number of methoxy groups -OCH3 is 4. The van der Waals surface area contributed by atoms with Gasteiger partial charge in [-0.2, -0.15) is 0 Å². The van der Waals surface area contributed by atoms with E-state index in [0.29, 0.717) is 0 Å². The van der Waals surface area contributed by atoms with Crippen LogP contribution in [0.15, 0.2) is 150 Å². The van der Waals surface area contributed by atoms with Crippen molar-refractivity contribution in [3.8, 4) is 68.0 Å². The number of nitrogens with zero attached hydrogens (tertiary/aromatic N) is 4. The zero-order chi connectivity index (χ0) is 37.7. The van der Waals surface area contributed by atoms with Gasteiger partial charge in [0.05, 0.1) is 51.3 Å². The van der Waals surface area contributed by atoms with E-state index < -0.39 is 5.79 Å². The van der Waals surface area contributed by atoms with Crippen molar-refractivity contribution in [3.63, 3.8) is 0 Å². The largest absolute Gasteiger partial charge is 0.497 e. The SMILES string of the molecule is COc1ccc(C2=NC3(N=C2c2ccc(OC)cc2)c2ccccc2-c2c(C)cccc2-c2nc(-c4ccc(OC)cc4)c(-c4ccc(OC)cc4)n23)cc1. The van der Waals surface area contributed by atoms with Crippen LogP contribution in [0.5, 0.6) is 23.0 Å². The van der Waals surface area contributed by atoms with Crippen molar-refractivity contribution in [2.24, 2.45) is 9.98 Å². The highest BCUT2D eigenvalue weighted by Gasteiger charge is 2.48. The van der Waals surface area contributed by atoms with Crippen LogP contribution in [0.25, 0.3) is 45.0 Å². The molecule has 0 bridgehead atoms. The fraction of sp³-hybridized carbons (Fsp3) is 0.128. The molecule has 6 aromatic carbocycles. The molecule has 2 aliphatic heterocycles. The van der Waals surface area contributed by atoms with E-state index >= 15 is 0 Å². The molecular weight excluding hydrogens is 685 g/mol. The topological polar surface area (TPSA) is 79.5 Å². The van der Waals surface area contributed by atoms with Crippen LogP contribution in [-0.4, -0.2) is 49.4 Å². The molecule has 3 heterocycles. The summed E-state index contributed by atoms with van der Waals surface area (Å²) in [6, 6.07) is 47.1. The smallest absolute Gasteiger partial charge is 0.262 e. The zero-order valence-electron chi connectivity index (χ0n) is 31.2. The third-order valence-electron chi connectivity index (χ3n) is 10.5. The summed E-state index contributed by atoms with van der Waals surface area (Å²) < 4.78 is 24.6. The Balaban J connectivity index is 1.45. The standard InChI is InChI=1S/C47H38N4O4/c1-29-9-8-11-39-41(29)38-10-6-7-12-40(38)47(49-42(30-13-21-34(52-2)22-14-30)43(50-47)31-15-23-35(53-3)24-16-31)51-45(33-19-27-37(55-5)28-20-33)44(48-46(39)51)32-17-25-36(54-4)26-18-32/h6-28H,1-5H3. The van der Waals surface area contributed by atoms with Gasteiger partial charge in [-0.25, -0.2) is 15.0 Å². The Hall–Kier alpha value is -6.93. The van der Waals surface area contributed by atoms with Crippen molar-refractivity contribution in [2.45, 2.75) is 12.7 Å². The molecule has 0 aliphatic carbocycles. The summed E-state index contributed by atoms with van der Waals surface area (Å²) in [4.78, 5) is 17.3. The molecule has 1 spiro atoms. The molecule has 0 unspecified atom stereocenters. The molecule has 1 aromatic heterocycles. The molecule has 8 nitrogen and oxygen atoms in total. The molecule has 0 atom stereocenters. The Morgan fingerprint density at radius 2 is 0.927 bits per heavy atom. The first-order valence-corrected chi connectivity index (χ1v) is 18.1. The Morgan fingerprint density at radius 1 is 0.473 bits per heavy atom. The molecule has 55 heavy (non-hydrogen) atoms. The van der Waals surface area contributed by atoms with Gasteiger partial charge in [-0.3, -0.25) is 4.57 Å². The van der Waals surface area contributed by atoms with Gasteiger partial charge in [0.2, 0.25) is 0 Å². The summed E-state index contributed by atoms with van der Waals surface area (Å²) >= 11 is 0. The van der Waals surface area contributed by atoms with Gasteiger partial charge in [-0.05, 0) is 121 Å². The average molecular weight is 723 g/mol. The van der Waals surface area contributed by atoms with E-state index in [9.17, 15) is 0 Å². The quantitative estimate of drug-likeness (QED) is 0.156. The lowest BCUT2D eigenvalue weighted by Crippen LogP contribution is -2.31. The van der Waals surface area contributed by atoms with E-state index in [-0.39, 0.29) is 0 Å². The first kappa shape index (κ1) is 33.9. The van der Waals surface area contributed by atoms with Crippen molar-refractivity contribution in [3.05, 3.63) is 162 Å². The van der Waals surface area contributed by atoms with Crippen molar-refractivity contribution >= 4 is 11.4 Å². The number of rotatable bonds is 8. The summed E-state index contributed by atoms with van der Waals surface area (Å²) in [5.41, 5.74) is 12.0. The second kappa shape index (κ2) is 13.5. The van der Waals surface area contributed by atoms with E-state index in [1.807, 2.05) is 72.8 Å². The van der Waals surface area contributed by atoms with Gasteiger partial charge in [0, 0.05) is 33.4 Å². The fourth-order valence-corrected chi connectivity index (χ4v) is 7.76. The molecule has 0 N–H and O–H groups in total. The minimum atomic E-state index is -1.32. The van der Waals surface area contributed by atoms with Crippen LogP contribution in [0.4, 0.5) is 0 Å². The lowest BCUT2D eigenvalue weighted by molar-refractivity contribution is 0.411. The minimum absolute atomic E-state index is 0.747. The molecular formula is C47H38N4O4. The number of fused-ring (bicyclic) bond motifs is 7. The highest BCUT2D eigenvalue weighted by Crippen LogP contribution is 2.53. The molecule has 0 saturated heterocycles. The van der Waals surface area contributed by atoms with Crippen molar-refractivity contribution in [1.82, 2.24) is 9.55 Å². The van der Waals surface area contributed by atoms with E-state index in [1.54, 1.807) is 28.4 Å². The van der Waals surface area contributed by atoms with E-state index in [1.165, 1.54) is 0 Å². The molecule has 0 fully saturated rings. The van der Waals surface area contributed by atoms with Crippen LogP contribution < -0.4 is 18.9 Å². The van der Waals surface area contributed by atoms with Crippen LogP contribution in [-0.2, 0) is 5.79 Å². The van der Waals surface area contributed by atoms with Crippen LogP contribution >= 0.6 is 0 Å². The lowest BCUT2D eigenvalue weighted by atomic mass is 9.90. The van der Waals surface area contributed by atoms with Gasteiger partial charge < -0.3 is 18.9 Å². The van der Waals surface area contributed by atoms with Gasteiger partial charge in [-0.15, -0.1) is 0 Å². The van der Waals surface area contributed by atoms with Gasteiger partial charge in [0.25, 0.3) is 5.79 Å². The molecule has 2 aliphatic rings. The average Bonchev–Trinajstić information content (AvgIpc) is 3.83. The number of aryl methyl sites for hydroxylation is 1. The maximum absolute atomic E-state index is 5.83. The van der Waals surface area contributed by atoms with E-state index in [4.69, 9.17) is 33.9 Å². The number of ether oxygens (including phenoxy) is 4. The fourth-order valence-electron chi connectivity index (χ4n) is 7.76. The number of imidazole rings is 1. The third-order valence-corrected chi connectivity index (χ3v) is 10.5. The van der Waals surface area contributed by atoms with Crippen molar-refractivity contribution in [1.29, 1.82) is 0 Å². The Kier molecular flexibility index (Phi) is 8.31. The lowest BCUT2D eigenvalue weighted by Gasteiger charge is -2.29. The summed E-state index contributed by atoms with van der Waals surface area (Å²) in [6.07, 6.45) is 0. The number of aromatic nitrogens is 2. The number of hydrogen-bond acceptors (Lipinski definition) is 7. The number of aliphatic imine (C=N–C) groups is 2. The second-order valence-electron chi connectivity index (χ2n) is 13.5. The highest BCUT2D eigenvalue weighted by molar-refractivity contribution is 6.54. The monoisotopic (exact) mass is 722 g/mol. The number of hydrogen-bond donors (Lipinski definition) is 0. The number of benzene rings is 6. The van der Waals surface area contributed by atoms with Crippen LogP contribution in [0.3, 0.4) is 0 Å². The molecule has 0 radical (unpaired) electrons. The van der Waals surface area contributed by atoms with Crippen LogP contribution in [0.1, 0.15) is 22.3 Å². The maximum atomic E-state index is 5.83.